The quantitative estimate of drug-likeness (QED) is 0.687. The van der Waals surface area contributed by atoms with Crippen LogP contribution in [0.3, 0.4) is 0 Å². The van der Waals surface area contributed by atoms with Crippen LogP contribution in [-0.2, 0) is 0 Å². The van der Waals surface area contributed by atoms with E-state index in [-0.39, 0.29) is 5.41 Å². The van der Waals surface area contributed by atoms with Crippen molar-refractivity contribution in [2.45, 2.75) is 20.8 Å². The Morgan fingerprint density at radius 2 is 1.96 bits per heavy atom. The number of ether oxygens (including phenoxy) is 1. The zero-order valence-electron chi connectivity index (χ0n) is 13.9. The van der Waals surface area contributed by atoms with Gasteiger partial charge in [-0.1, -0.05) is 38.4 Å². The van der Waals surface area contributed by atoms with Crippen molar-refractivity contribution in [2.24, 2.45) is 5.41 Å². The molecule has 0 spiro atoms. The maximum Gasteiger partial charge on any atom is 0.160 e. The third kappa shape index (κ3) is 4.11. The van der Waals surface area contributed by atoms with Crippen LogP contribution in [0, 0.1) is 5.41 Å². The third-order valence-corrected chi connectivity index (χ3v) is 3.43. The molecule has 3 rings (SSSR count). The third-order valence-electron chi connectivity index (χ3n) is 3.22. The number of nitrogens with one attached hydrogen (secondary N) is 1. The summed E-state index contributed by atoms with van der Waals surface area (Å²) in [5.41, 5.74) is 2.33. The van der Waals surface area contributed by atoms with Crippen molar-refractivity contribution in [3.63, 3.8) is 0 Å². The lowest BCUT2D eigenvalue weighted by Crippen LogP contribution is -2.16. The second-order valence-corrected chi connectivity index (χ2v) is 7.11. The van der Waals surface area contributed by atoms with E-state index < -0.39 is 0 Å². The number of halogens is 1. The number of hydrogen-bond donors (Lipinski definition) is 1. The molecule has 0 bridgehead atoms. The molecule has 1 N–H and O–H groups in total. The molecule has 5 nitrogen and oxygen atoms in total. The Bertz CT molecular complexity index is 861. The molecule has 0 unspecified atom stereocenters. The fourth-order valence-electron chi connectivity index (χ4n) is 2.11. The SMILES string of the molecule is CC(C)(C)COc1cccc(Nc2ncnc3ccc(Cl)nc23)c1. The molecule has 0 atom stereocenters. The monoisotopic (exact) mass is 342 g/mol. The van der Waals surface area contributed by atoms with Crippen molar-refractivity contribution in [1.82, 2.24) is 15.0 Å². The van der Waals surface area contributed by atoms with E-state index in [9.17, 15) is 0 Å². The number of nitrogens with zero attached hydrogens (tertiary/aromatic N) is 3. The van der Waals surface area contributed by atoms with Crippen molar-refractivity contribution >= 4 is 34.1 Å². The number of anilines is 2. The first kappa shape index (κ1) is 16.5. The van der Waals surface area contributed by atoms with Crippen LogP contribution in [0.15, 0.2) is 42.7 Å². The Morgan fingerprint density at radius 3 is 2.75 bits per heavy atom. The summed E-state index contributed by atoms with van der Waals surface area (Å²) in [6, 6.07) is 11.3. The minimum absolute atomic E-state index is 0.104. The van der Waals surface area contributed by atoms with Crippen LogP contribution < -0.4 is 10.1 Å². The number of benzene rings is 1. The molecule has 24 heavy (non-hydrogen) atoms. The largest absolute Gasteiger partial charge is 0.493 e. The first-order chi connectivity index (χ1) is 11.4. The molecule has 0 saturated carbocycles. The summed E-state index contributed by atoms with van der Waals surface area (Å²) in [6.07, 6.45) is 1.50. The maximum absolute atomic E-state index is 5.99. The lowest BCUT2D eigenvalue weighted by molar-refractivity contribution is 0.198. The van der Waals surface area contributed by atoms with E-state index in [1.54, 1.807) is 6.07 Å². The first-order valence-corrected chi connectivity index (χ1v) is 8.06. The molecule has 0 aliphatic rings. The van der Waals surface area contributed by atoms with Gasteiger partial charge in [-0.3, -0.25) is 0 Å². The van der Waals surface area contributed by atoms with Crippen LogP contribution in [0.25, 0.3) is 11.0 Å². The molecular weight excluding hydrogens is 324 g/mol. The van der Waals surface area contributed by atoms with Crippen LogP contribution in [-0.4, -0.2) is 21.6 Å². The molecular formula is C18H19ClN4O. The standard InChI is InChI=1S/C18H19ClN4O/c1-18(2,3)10-24-13-6-4-5-12(9-13)22-17-16-14(20-11-21-17)7-8-15(19)23-16/h4-9,11H,10H2,1-3H3,(H,20,21,22). The van der Waals surface area contributed by atoms with Crippen LogP contribution in [0.1, 0.15) is 20.8 Å². The van der Waals surface area contributed by atoms with E-state index in [0.717, 1.165) is 17.0 Å². The molecule has 0 amide bonds. The number of fused-ring (bicyclic) bond motifs is 1. The van der Waals surface area contributed by atoms with Gasteiger partial charge in [0.05, 0.1) is 12.1 Å². The van der Waals surface area contributed by atoms with E-state index in [1.165, 1.54) is 6.33 Å². The lowest BCUT2D eigenvalue weighted by Gasteiger charge is -2.19. The Balaban J connectivity index is 1.85. The van der Waals surface area contributed by atoms with Crippen molar-refractivity contribution in [3.8, 4) is 5.75 Å². The highest BCUT2D eigenvalue weighted by Gasteiger charge is 2.11. The van der Waals surface area contributed by atoms with E-state index in [2.05, 4.69) is 41.0 Å². The molecule has 0 aliphatic heterocycles. The topological polar surface area (TPSA) is 59.9 Å². The second-order valence-electron chi connectivity index (χ2n) is 6.73. The number of rotatable bonds is 4. The van der Waals surface area contributed by atoms with Gasteiger partial charge < -0.3 is 10.1 Å². The summed E-state index contributed by atoms with van der Waals surface area (Å²) in [5.74, 6) is 1.41. The van der Waals surface area contributed by atoms with E-state index in [1.807, 2.05) is 30.3 Å². The van der Waals surface area contributed by atoms with Gasteiger partial charge in [0.1, 0.15) is 22.7 Å². The van der Waals surface area contributed by atoms with Crippen LogP contribution in [0.4, 0.5) is 11.5 Å². The van der Waals surface area contributed by atoms with Crippen LogP contribution >= 0.6 is 11.6 Å². The molecule has 1 aromatic carbocycles. The normalized spacial score (nSPS) is 11.5. The van der Waals surface area contributed by atoms with Gasteiger partial charge in [0.25, 0.3) is 0 Å². The van der Waals surface area contributed by atoms with E-state index >= 15 is 0 Å². The average Bonchev–Trinajstić information content (AvgIpc) is 2.53. The minimum atomic E-state index is 0.104. The van der Waals surface area contributed by atoms with Gasteiger partial charge in [-0.15, -0.1) is 0 Å². The Labute approximate surface area is 146 Å². The van der Waals surface area contributed by atoms with E-state index in [4.69, 9.17) is 16.3 Å². The van der Waals surface area contributed by atoms with Gasteiger partial charge in [-0.05, 0) is 29.7 Å². The number of hydrogen-bond acceptors (Lipinski definition) is 5. The van der Waals surface area contributed by atoms with Crippen molar-refractivity contribution in [1.29, 1.82) is 0 Å². The summed E-state index contributed by atoms with van der Waals surface area (Å²) in [6.45, 7) is 7.05. The molecule has 124 valence electrons. The van der Waals surface area contributed by atoms with Gasteiger partial charge in [-0.25, -0.2) is 15.0 Å². The summed E-state index contributed by atoms with van der Waals surface area (Å²) >= 11 is 5.99. The fraction of sp³-hybridized carbons (Fsp3) is 0.278. The van der Waals surface area contributed by atoms with Crippen LogP contribution in [0.5, 0.6) is 5.75 Å². The van der Waals surface area contributed by atoms with Gasteiger partial charge in [0.15, 0.2) is 5.82 Å². The Hall–Kier alpha value is -2.40. The highest BCUT2D eigenvalue weighted by molar-refractivity contribution is 6.29. The van der Waals surface area contributed by atoms with Crippen LogP contribution in [0.2, 0.25) is 5.15 Å². The summed E-state index contributed by atoms with van der Waals surface area (Å²) in [5, 5.41) is 3.66. The fourth-order valence-corrected chi connectivity index (χ4v) is 2.26. The van der Waals surface area contributed by atoms with Gasteiger partial charge in [0, 0.05) is 11.8 Å². The van der Waals surface area contributed by atoms with Crippen molar-refractivity contribution in [2.75, 3.05) is 11.9 Å². The molecule has 6 heteroatoms. The Morgan fingerprint density at radius 1 is 1.12 bits per heavy atom. The average molecular weight is 343 g/mol. The molecule has 0 radical (unpaired) electrons. The highest BCUT2D eigenvalue weighted by atomic mass is 35.5. The summed E-state index contributed by atoms with van der Waals surface area (Å²) in [4.78, 5) is 12.8. The summed E-state index contributed by atoms with van der Waals surface area (Å²) in [7, 11) is 0. The molecule has 0 fully saturated rings. The van der Waals surface area contributed by atoms with Crippen molar-refractivity contribution < 1.29 is 4.74 Å². The number of pyridine rings is 1. The van der Waals surface area contributed by atoms with Gasteiger partial charge in [0.2, 0.25) is 0 Å². The highest BCUT2D eigenvalue weighted by Crippen LogP contribution is 2.26. The second kappa shape index (κ2) is 6.61. The van der Waals surface area contributed by atoms with Gasteiger partial charge >= 0.3 is 0 Å². The Kier molecular flexibility index (Phi) is 4.53. The number of aromatic nitrogens is 3. The minimum Gasteiger partial charge on any atom is -0.493 e. The van der Waals surface area contributed by atoms with Crippen molar-refractivity contribution in [3.05, 3.63) is 47.9 Å². The first-order valence-electron chi connectivity index (χ1n) is 7.68. The van der Waals surface area contributed by atoms with E-state index in [0.29, 0.717) is 23.1 Å². The molecule has 0 saturated heterocycles. The summed E-state index contributed by atoms with van der Waals surface area (Å²) < 4.78 is 5.85. The molecule has 0 aliphatic carbocycles. The zero-order chi connectivity index (χ0) is 17.2. The lowest BCUT2D eigenvalue weighted by atomic mass is 9.99. The predicted octanol–water partition coefficient (Wildman–Crippen LogP) is 4.85. The van der Waals surface area contributed by atoms with Gasteiger partial charge in [-0.2, -0.15) is 0 Å². The molecule has 2 heterocycles. The molecule has 3 aromatic rings. The molecule has 2 aromatic heterocycles. The predicted molar refractivity (Wildman–Crippen MR) is 97.0 cm³/mol. The maximum atomic E-state index is 5.99. The zero-order valence-corrected chi connectivity index (χ0v) is 14.6. The smallest absolute Gasteiger partial charge is 0.160 e.